The lowest BCUT2D eigenvalue weighted by atomic mass is 10.0. The molecule has 0 spiro atoms. The van der Waals surface area contributed by atoms with Crippen LogP contribution < -0.4 is 0 Å². The van der Waals surface area contributed by atoms with Crippen LogP contribution in [-0.4, -0.2) is 37.2 Å². The van der Waals surface area contributed by atoms with Gasteiger partial charge >= 0.3 is 17.9 Å². The van der Waals surface area contributed by atoms with E-state index in [2.05, 4.69) is 130 Å². The third-order valence-corrected chi connectivity index (χ3v) is 14.7. The van der Waals surface area contributed by atoms with Crippen molar-refractivity contribution >= 4 is 17.9 Å². The average Bonchev–Trinajstić information content (AvgIpc) is 3.46. The largest absolute Gasteiger partial charge is 0.462 e. The maximum absolute atomic E-state index is 12.9. The highest BCUT2D eigenvalue weighted by molar-refractivity contribution is 5.71. The molecule has 0 aliphatic rings. The van der Waals surface area contributed by atoms with Crippen LogP contribution in [0.1, 0.15) is 329 Å². The highest BCUT2D eigenvalue weighted by Gasteiger charge is 2.19. The molecule has 0 amide bonds. The highest BCUT2D eigenvalue weighted by atomic mass is 16.6. The first-order valence-electron chi connectivity index (χ1n) is 34.4. The van der Waals surface area contributed by atoms with Crippen LogP contribution in [0.25, 0.3) is 0 Å². The SMILES string of the molecule is CC/C=C\C/C=C\C/C=C\C/C=C\C/C=C\CCCCCCCCCC(=O)OC(COC(=O)CCCCCCC/C=C\C/C=C\CCC)COC(=O)CCCCCCCCCCCCCCCCC/C=C\C/C=C\CCCCCCC. The number of ether oxygens (including phenoxy) is 3. The smallest absolute Gasteiger partial charge is 0.306 e. The van der Waals surface area contributed by atoms with Gasteiger partial charge in [-0.25, -0.2) is 0 Å². The van der Waals surface area contributed by atoms with Gasteiger partial charge in [-0.1, -0.05) is 297 Å². The quantitative estimate of drug-likeness (QED) is 0.0261. The number of hydrogen-bond donors (Lipinski definition) is 0. The maximum Gasteiger partial charge on any atom is 0.306 e. The molecule has 1 unspecified atom stereocenters. The number of hydrogen-bond acceptors (Lipinski definition) is 6. The molecule has 0 aromatic heterocycles. The van der Waals surface area contributed by atoms with Gasteiger partial charge in [0.05, 0.1) is 0 Å². The van der Waals surface area contributed by atoms with Crippen LogP contribution in [0.4, 0.5) is 0 Å². The topological polar surface area (TPSA) is 78.9 Å². The summed E-state index contributed by atoms with van der Waals surface area (Å²) in [6.45, 7) is 6.46. The van der Waals surface area contributed by atoms with Crippen LogP contribution in [0, 0.1) is 0 Å². The Labute approximate surface area is 501 Å². The van der Waals surface area contributed by atoms with Gasteiger partial charge in [0.15, 0.2) is 6.10 Å². The van der Waals surface area contributed by atoms with E-state index in [9.17, 15) is 14.4 Å². The summed E-state index contributed by atoms with van der Waals surface area (Å²) >= 11 is 0. The Morgan fingerprint density at radius 1 is 0.259 bits per heavy atom. The van der Waals surface area contributed by atoms with Crippen molar-refractivity contribution in [3.05, 3.63) is 109 Å². The Balaban J connectivity index is 4.31. The highest BCUT2D eigenvalue weighted by Crippen LogP contribution is 2.17. The van der Waals surface area contributed by atoms with E-state index >= 15 is 0 Å². The van der Waals surface area contributed by atoms with Crippen LogP contribution in [0.3, 0.4) is 0 Å². The summed E-state index contributed by atoms with van der Waals surface area (Å²) in [6.07, 6.45) is 93.9. The third-order valence-electron chi connectivity index (χ3n) is 14.7. The van der Waals surface area contributed by atoms with Gasteiger partial charge in [0.1, 0.15) is 13.2 Å². The number of allylic oxidation sites excluding steroid dienone is 18. The summed E-state index contributed by atoms with van der Waals surface area (Å²) in [5, 5.41) is 0. The van der Waals surface area contributed by atoms with E-state index in [1.807, 2.05) is 0 Å². The minimum absolute atomic E-state index is 0.0867. The fourth-order valence-corrected chi connectivity index (χ4v) is 9.60. The molecule has 0 radical (unpaired) electrons. The standard InChI is InChI=1S/C75H128O6/c1-4-7-10-13-16-19-22-25-27-29-31-33-35-36-37-38-40-41-43-45-47-50-53-56-59-62-65-68-74(77)80-71-72(70-79-73(76)67-64-61-58-55-52-49-24-21-18-15-12-9-6-3)81-75(78)69-66-63-60-57-54-51-48-46-44-42-39-34-32-30-28-26-23-20-17-14-11-8-5-2/h8,11-12,15,17,20-22,24-26,28-29,31-32,34,42,44,72H,4-7,9-10,13-14,16,18-19,23,27,30,33,35-41,43,45-71H2,1-3H3/b11-8-,15-12-,20-17-,24-21-,25-22-,28-26-,31-29-,34-32-,44-42-. The number of rotatable bonds is 62. The molecule has 0 fully saturated rings. The molecule has 0 saturated heterocycles. The summed E-state index contributed by atoms with van der Waals surface area (Å²) in [7, 11) is 0. The summed E-state index contributed by atoms with van der Waals surface area (Å²) in [5.41, 5.74) is 0. The Morgan fingerprint density at radius 3 is 0.802 bits per heavy atom. The Kier molecular flexibility index (Phi) is 65.2. The molecule has 0 saturated carbocycles. The van der Waals surface area contributed by atoms with Crippen molar-refractivity contribution < 1.29 is 28.6 Å². The van der Waals surface area contributed by atoms with Crippen LogP contribution in [-0.2, 0) is 28.6 Å². The van der Waals surface area contributed by atoms with Gasteiger partial charge in [0, 0.05) is 19.3 Å². The molecule has 0 bridgehead atoms. The van der Waals surface area contributed by atoms with Crippen LogP contribution in [0.2, 0.25) is 0 Å². The second-order valence-corrected chi connectivity index (χ2v) is 22.7. The first-order chi connectivity index (χ1) is 40.0. The second-order valence-electron chi connectivity index (χ2n) is 22.7. The van der Waals surface area contributed by atoms with Crippen LogP contribution in [0.5, 0.6) is 0 Å². The Bertz CT molecular complexity index is 1620. The zero-order valence-corrected chi connectivity index (χ0v) is 53.3. The predicted octanol–water partition coefficient (Wildman–Crippen LogP) is 23.8. The molecule has 464 valence electrons. The van der Waals surface area contributed by atoms with Gasteiger partial charge in [0.25, 0.3) is 0 Å². The number of unbranched alkanes of at least 4 members (excludes halogenated alkanes) is 33. The van der Waals surface area contributed by atoms with E-state index in [1.54, 1.807) is 0 Å². The lowest BCUT2D eigenvalue weighted by Gasteiger charge is -2.18. The zero-order valence-electron chi connectivity index (χ0n) is 53.3. The van der Waals surface area contributed by atoms with Gasteiger partial charge < -0.3 is 14.2 Å². The van der Waals surface area contributed by atoms with E-state index in [1.165, 1.54) is 154 Å². The van der Waals surface area contributed by atoms with Gasteiger partial charge in [-0.3, -0.25) is 14.4 Å². The van der Waals surface area contributed by atoms with Gasteiger partial charge in [0.2, 0.25) is 0 Å². The molecule has 6 heteroatoms. The van der Waals surface area contributed by atoms with Crippen molar-refractivity contribution in [1.82, 2.24) is 0 Å². The molecule has 0 rings (SSSR count). The molecular weight excluding hydrogens is 997 g/mol. The fourth-order valence-electron chi connectivity index (χ4n) is 9.60. The lowest BCUT2D eigenvalue weighted by Crippen LogP contribution is -2.30. The predicted molar refractivity (Wildman–Crippen MR) is 353 cm³/mol. The van der Waals surface area contributed by atoms with E-state index < -0.39 is 6.10 Å². The molecule has 1 atom stereocenters. The molecule has 0 N–H and O–H groups in total. The van der Waals surface area contributed by atoms with Crippen molar-refractivity contribution in [2.45, 2.75) is 335 Å². The average molecular weight is 1130 g/mol. The molecule has 0 aliphatic carbocycles. The van der Waals surface area contributed by atoms with Gasteiger partial charge in [-0.2, -0.15) is 0 Å². The zero-order chi connectivity index (χ0) is 58.5. The number of carbonyl (C=O) groups excluding carboxylic acids is 3. The van der Waals surface area contributed by atoms with Crippen LogP contribution in [0.15, 0.2) is 109 Å². The first-order valence-corrected chi connectivity index (χ1v) is 34.4. The van der Waals surface area contributed by atoms with Crippen LogP contribution >= 0.6 is 0 Å². The van der Waals surface area contributed by atoms with Gasteiger partial charge in [-0.15, -0.1) is 0 Å². The summed E-state index contributed by atoms with van der Waals surface area (Å²) < 4.78 is 16.9. The van der Waals surface area contributed by atoms with Crippen molar-refractivity contribution in [3.63, 3.8) is 0 Å². The Hall–Kier alpha value is -3.93. The monoisotopic (exact) mass is 1120 g/mol. The molecule has 0 aliphatic heterocycles. The molecule has 81 heavy (non-hydrogen) atoms. The molecule has 0 heterocycles. The summed E-state index contributed by atoms with van der Waals surface area (Å²) in [4.78, 5) is 38.4. The van der Waals surface area contributed by atoms with Crippen molar-refractivity contribution in [1.29, 1.82) is 0 Å². The third kappa shape index (κ3) is 66.8. The number of esters is 3. The fraction of sp³-hybridized carbons (Fsp3) is 0.720. The lowest BCUT2D eigenvalue weighted by molar-refractivity contribution is -0.167. The molecule has 0 aromatic rings. The van der Waals surface area contributed by atoms with Crippen molar-refractivity contribution in [3.8, 4) is 0 Å². The minimum atomic E-state index is -0.793. The second kappa shape index (κ2) is 68.6. The summed E-state index contributed by atoms with van der Waals surface area (Å²) in [6, 6.07) is 0. The minimum Gasteiger partial charge on any atom is -0.462 e. The molecular formula is C75H128O6. The van der Waals surface area contributed by atoms with Gasteiger partial charge in [-0.05, 0) is 122 Å². The summed E-state index contributed by atoms with van der Waals surface area (Å²) in [5.74, 6) is -0.902. The van der Waals surface area contributed by atoms with E-state index in [4.69, 9.17) is 14.2 Å². The Morgan fingerprint density at radius 2 is 0.506 bits per heavy atom. The van der Waals surface area contributed by atoms with Crippen molar-refractivity contribution in [2.75, 3.05) is 13.2 Å². The van der Waals surface area contributed by atoms with E-state index in [0.29, 0.717) is 19.3 Å². The van der Waals surface area contributed by atoms with Crippen molar-refractivity contribution in [2.24, 2.45) is 0 Å². The molecule has 0 aromatic carbocycles. The normalized spacial score (nSPS) is 12.8. The maximum atomic E-state index is 12.9. The number of carbonyl (C=O) groups is 3. The van der Waals surface area contributed by atoms with E-state index in [-0.39, 0.29) is 31.1 Å². The first kappa shape index (κ1) is 77.1. The van der Waals surface area contributed by atoms with E-state index in [0.717, 1.165) is 135 Å². The molecule has 6 nitrogen and oxygen atoms in total.